The largest absolute Gasteiger partial charge is 0.322 e. The Labute approximate surface area is 122 Å². The molecule has 0 N–H and O–H groups in total. The van der Waals surface area contributed by atoms with E-state index in [0.717, 1.165) is 41.3 Å². The van der Waals surface area contributed by atoms with Gasteiger partial charge in [0.1, 0.15) is 11.6 Å². The zero-order chi connectivity index (χ0) is 14.2. The number of pyridine rings is 1. The van der Waals surface area contributed by atoms with Gasteiger partial charge in [-0.1, -0.05) is 18.2 Å². The number of aliphatic imine (C=N–C) groups is 1. The van der Waals surface area contributed by atoms with Gasteiger partial charge < -0.3 is 4.90 Å². The van der Waals surface area contributed by atoms with E-state index in [-0.39, 0.29) is 5.82 Å². The molecule has 3 nitrogen and oxygen atoms in total. The second-order valence-electron chi connectivity index (χ2n) is 5.22. The Balaban J connectivity index is 1.84. The van der Waals surface area contributed by atoms with E-state index >= 15 is 0 Å². The van der Waals surface area contributed by atoms with Gasteiger partial charge in [0.2, 0.25) is 0 Å². The quantitative estimate of drug-likeness (QED) is 0.800. The van der Waals surface area contributed by atoms with Crippen molar-refractivity contribution in [1.82, 2.24) is 4.98 Å². The van der Waals surface area contributed by atoms with Crippen LogP contribution in [0.1, 0.15) is 16.8 Å². The monoisotopic (exact) mass is 279 g/mol. The lowest BCUT2D eigenvalue weighted by atomic mass is 10.0. The first kappa shape index (κ1) is 12.3. The fraction of sp³-hybridized carbons (Fsp3) is 0.176. The summed E-state index contributed by atoms with van der Waals surface area (Å²) in [6.07, 6.45) is 6.89. The number of halogens is 1. The molecule has 0 radical (unpaired) electrons. The summed E-state index contributed by atoms with van der Waals surface area (Å²) in [7, 11) is 0. The van der Waals surface area contributed by atoms with Crippen LogP contribution in [0.4, 0.5) is 15.9 Å². The van der Waals surface area contributed by atoms with Gasteiger partial charge in [-0.15, -0.1) is 0 Å². The lowest BCUT2D eigenvalue weighted by Crippen LogP contribution is -2.23. The highest BCUT2D eigenvalue weighted by atomic mass is 19.1. The highest BCUT2D eigenvalue weighted by Crippen LogP contribution is 2.32. The van der Waals surface area contributed by atoms with Crippen molar-refractivity contribution in [3.05, 3.63) is 59.0 Å². The molecule has 0 atom stereocenters. The molecule has 0 amide bonds. The van der Waals surface area contributed by atoms with Crippen LogP contribution in [0.2, 0.25) is 0 Å². The van der Waals surface area contributed by atoms with E-state index in [0.29, 0.717) is 6.54 Å². The van der Waals surface area contributed by atoms with Crippen LogP contribution in [0.15, 0.2) is 41.4 Å². The van der Waals surface area contributed by atoms with Gasteiger partial charge in [-0.25, -0.2) is 9.37 Å². The molecule has 0 saturated heterocycles. The standard InChI is InChI=1S/C17H14FN3/c18-14-4-1-5-15(10-14)21-8-2-3-12-9-13-11-19-7-6-16(13)20-17(12)21/h1-5,9-11H,6-8H2. The van der Waals surface area contributed by atoms with Gasteiger partial charge in [0.15, 0.2) is 0 Å². The predicted molar refractivity (Wildman–Crippen MR) is 82.8 cm³/mol. The van der Waals surface area contributed by atoms with Crippen molar-refractivity contribution in [2.24, 2.45) is 4.99 Å². The van der Waals surface area contributed by atoms with Crippen molar-refractivity contribution < 1.29 is 4.39 Å². The summed E-state index contributed by atoms with van der Waals surface area (Å²) in [4.78, 5) is 11.2. The fourth-order valence-corrected chi connectivity index (χ4v) is 2.80. The van der Waals surface area contributed by atoms with E-state index in [9.17, 15) is 4.39 Å². The maximum Gasteiger partial charge on any atom is 0.140 e. The van der Waals surface area contributed by atoms with Crippen LogP contribution in [0.3, 0.4) is 0 Å². The Morgan fingerprint density at radius 2 is 2.10 bits per heavy atom. The Morgan fingerprint density at radius 3 is 3.00 bits per heavy atom. The molecule has 4 heteroatoms. The number of aromatic nitrogens is 1. The number of nitrogens with zero attached hydrogens (tertiary/aromatic N) is 3. The Bertz CT molecular complexity index is 765. The van der Waals surface area contributed by atoms with Crippen molar-refractivity contribution in [3.63, 3.8) is 0 Å². The molecule has 2 aliphatic rings. The summed E-state index contributed by atoms with van der Waals surface area (Å²) in [6, 6.07) is 8.76. The molecule has 1 aromatic heterocycles. The minimum atomic E-state index is -0.228. The van der Waals surface area contributed by atoms with E-state index in [2.05, 4.69) is 23.2 Å². The number of anilines is 2. The third kappa shape index (κ3) is 2.13. The number of fused-ring (bicyclic) bond motifs is 2. The van der Waals surface area contributed by atoms with Crippen LogP contribution < -0.4 is 4.90 Å². The van der Waals surface area contributed by atoms with Crippen LogP contribution >= 0.6 is 0 Å². The Morgan fingerprint density at radius 1 is 1.14 bits per heavy atom. The first-order valence-corrected chi connectivity index (χ1v) is 7.05. The molecule has 2 aromatic rings. The molecule has 2 aliphatic heterocycles. The summed E-state index contributed by atoms with van der Waals surface area (Å²) < 4.78 is 13.5. The van der Waals surface area contributed by atoms with Crippen molar-refractivity contribution >= 4 is 23.8 Å². The highest BCUT2D eigenvalue weighted by Gasteiger charge is 2.20. The molecule has 4 rings (SSSR count). The number of hydrogen-bond acceptors (Lipinski definition) is 3. The fourth-order valence-electron chi connectivity index (χ4n) is 2.80. The maximum absolute atomic E-state index is 13.5. The number of benzene rings is 1. The Hall–Kier alpha value is -2.49. The maximum atomic E-state index is 13.5. The smallest absolute Gasteiger partial charge is 0.140 e. The molecular formula is C17H14FN3. The van der Waals surface area contributed by atoms with E-state index in [4.69, 9.17) is 4.98 Å². The van der Waals surface area contributed by atoms with E-state index in [1.165, 1.54) is 6.07 Å². The molecule has 0 aliphatic carbocycles. The highest BCUT2D eigenvalue weighted by molar-refractivity contribution is 5.86. The van der Waals surface area contributed by atoms with Crippen molar-refractivity contribution in [2.45, 2.75) is 6.42 Å². The topological polar surface area (TPSA) is 28.5 Å². The summed E-state index contributed by atoms with van der Waals surface area (Å²) in [6.45, 7) is 1.49. The first-order valence-electron chi connectivity index (χ1n) is 7.05. The minimum Gasteiger partial charge on any atom is -0.322 e. The van der Waals surface area contributed by atoms with Gasteiger partial charge in [0.25, 0.3) is 0 Å². The molecule has 104 valence electrons. The van der Waals surface area contributed by atoms with Crippen molar-refractivity contribution in [2.75, 3.05) is 18.0 Å². The Kier molecular flexibility index (Phi) is 2.81. The SMILES string of the molecule is Fc1cccc(N2CC=Cc3cc4c(nc32)CCN=C4)c1. The van der Waals surface area contributed by atoms with Gasteiger partial charge >= 0.3 is 0 Å². The van der Waals surface area contributed by atoms with Gasteiger partial charge in [0.05, 0.1) is 5.69 Å². The molecule has 0 bridgehead atoms. The summed E-state index contributed by atoms with van der Waals surface area (Å²) in [5.41, 5.74) is 4.04. The van der Waals surface area contributed by atoms with E-state index in [1.54, 1.807) is 12.1 Å². The second kappa shape index (κ2) is 4.81. The van der Waals surface area contributed by atoms with Crippen LogP contribution in [-0.2, 0) is 6.42 Å². The zero-order valence-corrected chi connectivity index (χ0v) is 11.5. The third-order valence-corrected chi connectivity index (χ3v) is 3.81. The molecule has 21 heavy (non-hydrogen) atoms. The second-order valence-corrected chi connectivity index (χ2v) is 5.22. The van der Waals surface area contributed by atoms with Crippen LogP contribution in [-0.4, -0.2) is 24.3 Å². The third-order valence-electron chi connectivity index (χ3n) is 3.81. The number of rotatable bonds is 1. The van der Waals surface area contributed by atoms with Crippen LogP contribution in [0.25, 0.3) is 6.08 Å². The molecule has 0 unspecified atom stereocenters. The van der Waals surface area contributed by atoms with Crippen LogP contribution in [0, 0.1) is 5.82 Å². The normalized spacial score (nSPS) is 15.8. The first-order chi connectivity index (χ1) is 10.3. The van der Waals surface area contributed by atoms with Crippen LogP contribution in [0.5, 0.6) is 0 Å². The summed E-state index contributed by atoms with van der Waals surface area (Å²) in [5.74, 6) is 0.672. The summed E-state index contributed by atoms with van der Waals surface area (Å²) in [5, 5.41) is 0. The molecule has 0 fully saturated rings. The number of hydrogen-bond donors (Lipinski definition) is 0. The predicted octanol–water partition coefficient (Wildman–Crippen LogP) is 3.36. The average molecular weight is 279 g/mol. The van der Waals surface area contributed by atoms with E-state index in [1.807, 2.05) is 17.2 Å². The minimum absolute atomic E-state index is 0.228. The van der Waals surface area contributed by atoms with Crippen molar-refractivity contribution in [3.8, 4) is 0 Å². The zero-order valence-electron chi connectivity index (χ0n) is 11.5. The summed E-state index contributed by atoms with van der Waals surface area (Å²) >= 11 is 0. The van der Waals surface area contributed by atoms with Gasteiger partial charge in [-0.2, -0.15) is 0 Å². The molecule has 3 heterocycles. The van der Waals surface area contributed by atoms with Gasteiger partial charge in [-0.3, -0.25) is 4.99 Å². The lowest BCUT2D eigenvalue weighted by Gasteiger charge is -2.28. The van der Waals surface area contributed by atoms with E-state index < -0.39 is 0 Å². The lowest BCUT2D eigenvalue weighted by molar-refractivity contribution is 0.627. The van der Waals surface area contributed by atoms with Gasteiger partial charge in [-0.05, 0) is 24.3 Å². The van der Waals surface area contributed by atoms with Gasteiger partial charge in [0, 0.05) is 42.5 Å². The average Bonchev–Trinajstić information content (AvgIpc) is 2.52. The molecular weight excluding hydrogens is 265 g/mol. The molecule has 1 aromatic carbocycles. The van der Waals surface area contributed by atoms with Crippen molar-refractivity contribution in [1.29, 1.82) is 0 Å². The molecule has 0 saturated carbocycles. The molecule has 0 spiro atoms.